The van der Waals surface area contributed by atoms with Gasteiger partial charge in [0.15, 0.2) is 0 Å². The van der Waals surface area contributed by atoms with E-state index in [-0.39, 0.29) is 0 Å². The van der Waals surface area contributed by atoms with E-state index in [1.54, 1.807) is 12.4 Å². The summed E-state index contributed by atoms with van der Waals surface area (Å²) < 4.78 is 18.3. The van der Waals surface area contributed by atoms with Crippen LogP contribution in [-0.4, -0.2) is 18.4 Å². The number of aromatic nitrogens is 2. The number of hydrogen-bond donors (Lipinski definition) is 1. The second-order valence-corrected chi connectivity index (χ2v) is 5.22. The number of hydrogen-bond acceptors (Lipinski definition) is 3. The van der Waals surface area contributed by atoms with Crippen molar-refractivity contribution in [3.05, 3.63) is 18.2 Å². The lowest BCUT2D eigenvalue weighted by Gasteiger charge is -1.68. The Kier molecular flexibility index (Phi) is 4.48. The Hall–Kier alpha value is -0.260. The number of nitrogens with one attached hydrogen (secondary N) is 1. The minimum absolute atomic E-state index is 0.968. The first kappa shape index (κ1) is 10.7. The van der Waals surface area contributed by atoms with Gasteiger partial charge in [-0.1, -0.05) is 0 Å². The summed E-state index contributed by atoms with van der Waals surface area (Å²) in [7, 11) is 4.81. The quantitative estimate of drug-likeness (QED) is 0.668. The van der Waals surface area contributed by atoms with Crippen LogP contribution >= 0.6 is 21.4 Å². The molecule has 1 heterocycles. The maximum absolute atomic E-state index is 9.16. The standard InChI is InChI=1S/C4H6N2.Cl2O2S/c1-4-5-2-3-6-4;1-5(2,3)4/h2-3H,1H3,(H,5,6);. The minimum atomic E-state index is -3.72. The van der Waals surface area contributed by atoms with Crippen LogP contribution in [0.15, 0.2) is 12.4 Å². The van der Waals surface area contributed by atoms with Crippen molar-refractivity contribution >= 4 is 29.6 Å². The molecule has 0 atom stereocenters. The molecule has 7 heteroatoms. The van der Waals surface area contributed by atoms with E-state index in [1.807, 2.05) is 6.92 Å². The van der Waals surface area contributed by atoms with E-state index < -0.39 is 8.26 Å². The van der Waals surface area contributed by atoms with Crippen molar-refractivity contribution in [2.45, 2.75) is 6.92 Å². The number of aryl methyl sites for hydroxylation is 1. The molecule has 0 aliphatic carbocycles. The molecule has 4 nitrogen and oxygen atoms in total. The van der Waals surface area contributed by atoms with Gasteiger partial charge in [0.1, 0.15) is 5.82 Å². The molecule has 0 saturated carbocycles. The molecular weight excluding hydrogens is 211 g/mol. The van der Waals surface area contributed by atoms with Crippen molar-refractivity contribution in [2.75, 3.05) is 0 Å². The number of aromatic amines is 1. The topological polar surface area (TPSA) is 62.8 Å². The molecule has 0 aromatic carbocycles. The molecule has 0 saturated heterocycles. The third-order valence-electron chi connectivity index (χ3n) is 0.635. The average Bonchev–Trinajstić information content (AvgIpc) is 2.12. The van der Waals surface area contributed by atoms with Crippen molar-refractivity contribution in [1.29, 1.82) is 0 Å². The summed E-state index contributed by atoms with van der Waals surface area (Å²) in [5.74, 6) is 0.968. The van der Waals surface area contributed by atoms with Crippen molar-refractivity contribution in [2.24, 2.45) is 0 Å². The highest BCUT2D eigenvalue weighted by Gasteiger charge is 1.88. The lowest BCUT2D eigenvalue weighted by molar-refractivity contribution is 0.621. The monoisotopic (exact) mass is 216 g/mol. The van der Waals surface area contributed by atoms with Crippen LogP contribution in [0.1, 0.15) is 5.82 Å². The molecule has 0 aliphatic rings. The third kappa shape index (κ3) is 12.8. The van der Waals surface area contributed by atoms with Gasteiger partial charge in [-0.2, -0.15) is 8.42 Å². The summed E-state index contributed by atoms with van der Waals surface area (Å²) in [5.41, 5.74) is 0. The van der Waals surface area contributed by atoms with E-state index >= 15 is 0 Å². The van der Waals surface area contributed by atoms with Gasteiger partial charge < -0.3 is 4.98 Å². The van der Waals surface area contributed by atoms with Gasteiger partial charge in [-0.15, -0.1) is 0 Å². The van der Waals surface area contributed by atoms with Crippen molar-refractivity contribution in [3.8, 4) is 0 Å². The Balaban J connectivity index is 0.000000187. The predicted molar refractivity (Wildman–Crippen MR) is 44.0 cm³/mol. The fourth-order valence-corrected chi connectivity index (χ4v) is 0.344. The van der Waals surface area contributed by atoms with E-state index in [1.165, 1.54) is 0 Å². The largest absolute Gasteiger partial charge is 0.349 e. The summed E-state index contributed by atoms with van der Waals surface area (Å²) in [6.07, 6.45) is 3.53. The molecule has 0 bridgehead atoms. The number of halogens is 2. The number of imidazole rings is 1. The molecule has 0 radical (unpaired) electrons. The van der Waals surface area contributed by atoms with Gasteiger partial charge in [-0.25, -0.2) is 4.98 Å². The maximum Gasteiger partial charge on any atom is 0.317 e. The lowest BCUT2D eigenvalue weighted by Crippen LogP contribution is -1.66. The van der Waals surface area contributed by atoms with E-state index in [0.717, 1.165) is 5.82 Å². The van der Waals surface area contributed by atoms with Crippen molar-refractivity contribution in [1.82, 2.24) is 9.97 Å². The van der Waals surface area contributed by atoms with Gasteiger partial charge >= 0.3 is 8.26 Å². The normalized spacial score (nSPS) is 10.1. The molecule has 0 aliphatic heterocycles. The van der Waals surface area contributed by atoms with Crippen LogP contribution in [-0.2, 0) is 8.26 Å². The van der Waals surface area contributed by atoms with Crippen LogP contribution in [0, 0.1) is 6.92 Å². The van der Waals surface area contributed by atoms with E-state index in [2.05, 4.69) is 31.3 Å². The Labute approximate surface area is 73.5 Å². The highest BCUT2D eigenvalue weighted by molar-refractivity contribution is 8.31. The molecule has 0 fully saturated rings. The van der Waals surface area contributed by atoms with Crippen LogP contribution < -0.4 is 0 Å². The van der Waals surface area contributed by atoms with Gasteiger partial charge in [0.25, 0.3) is 0 Å². The lowest BCUT2D eigenvalue weighted by atomic mass is 10.8. The molecule has 1 aromatic rings. The predicted octanol–water partition coefficient (Wildman–Crippen LogP) is 1.43. The number of H-pyrrole nitrogens is 1. The summed E-state index contributed by atoms with van der Waals surface area (Å²) in [6, 6.07) is 0. The van der Waals surface area contributed by atoms with Crippen LogP contribution in [0.25, 0.3) is 0 Å². The van der Waals surface area contributed by atoms with Crippen molar-refractivity contribution < 1.29 is 8.42 Å². The Morgan fingerprint density at radius 2 is 2.00 bits per heavy atom. The first-order chi connectivity index (χ1) is 4.89. The highest BCUT2D eigenvalue weighted by atomic mass is 36.0. The van der Waals surface area contributed by atoms with Crippen LogP contribution in [0.3, 0.4) is 0 Å². The zero-order valence-corrected chi connectivity index (χ0v) is 7.91. The summed E-state index contributed by atoms with van der Waals surface area (Å²) in [5, 5.41) is 0. The summed E-state index contributed by atoms with van der Waals surface area (Å²) in [6.45, 7) is 1.92. The number of rotatable bonds is 0. The van der Waals surface area contributed by atoms with Gasteiger partial charge in [-0.3, -0.25) is 0 Å². The summed E-state index contributed by atoms with van der Waals surface area (Å²) in [4.78, 5) is 6.75. The maximum atomic E-state index is 9.16. The van der Waals surface area contributed by atoms with E-state index in [4.69, 9.17) is 8.42 Å². The highest BCUT2D eigenvalue weighted by Crippen LogP contribution is 1.98. The molecule has 0 unspecified atom stereocenters. The molecule has 64 valence electrons. The summed E-state index contributed by atoms with van der Waals surface area (Å²) >= 11 is 0. The molecule has 0 amide bonds. The Bertz CT molecular complexity index is 273. The second kappa shape index (κ2) is 4.58. The van der Waals surface area contributed by atoms with E-state index in [0.29, 0.717) is 0 Å². The van der Waals surface area contributed by atoms with Crippen molar-refractivity contribution in [3.63, 3.8) is 0 Å². The van der Waals surface area contributed by atoms with Gasteiger partial charge in [0.2, 0.25) is 0 Å². The molecule has 1 rings (SSSR count). The van der Waals surface area contributed by atoms with Gasteiger partial charge in [0.05, 0.1) is 0 Å². The fourth-order valence-electron chi connectivity index (χ4n) is 0.344. The average molecular weight is 217 g/mol. The zero-order chi connectivity index (χ0) is 8.91. The van der Waals surface area contributed by atoms with Crippen LogP contribution in [0.5, 0.6) is 0 Å². The Morgan fingerprint density at radius 1 is 1.55 bits per heavy atom. The molecule has 1 N–H and O–H groups in total. The first-order valence-electron chi connectivity index (χ1n) is 2.50. The van der Waals surface area contributed by atoms with Gasteiger partial charge in [-0.05, 0) is 6.92 Å². The molecule has 11 heavy (non-hydrogen) atoms. The first-order valence-corrected chi connectivity index (χ1v) is 5.63. The third-order valence-corrected chi connectivity index (χ3v) is 0.635. The van der Waals surface area contributed by atoms with Crippen LogP contribution in [0.2, 0.25) is 0 Å². The number of nitrogens with zero attached hydrogens (tertiary/aromatic N) is 1. The fraction of sp³-hybridized carbons (Fsp3) is 0.250. The smallest absolute Gasteiger partial charge is 0.317 e. The van der Waals surface area contributed by atoms with Crippen LogP contribution in [0.4, 0.5) is 0 Å². The molecule has 1 aromatic heterocycles. The minimum Gasteiger partial charge on any atom is -0.349 e. The zero-order valence-electron chi connectivity index (χ0n) is 5.58. The molecular formula is C4H6Cl2N2O2S. The SMILES string of the molecule is Cc1ncc[nH]1.O=S(=O)(Cl)Cl. The molecule has 0 spiro atoms. The Morgan fingerprint density at radius 3 is 2.09 bits per heavy atom. The van der Waals surface area contributed by atoms with Gasteiger partial charge in [0, 0.05) is 33.8 Å². The second-order valence-electron chi connectivity index (χ2n) is 1.55. The van der Waals surface area contributed by atoms with E-state index in [9.17, 15) is 0 Å².